The van der Waals surface area contributed by atoms with Crippen LogP contribution in [0.3, 0.4) is 0 Å². The van der Waals surface area contributed by atoms with E-state index in [1.807, 2.05) is 6.08 Å². The van der Waals surface area contributed by atoms with E-state index in [1.165, 1.54) is 6.42 Å². The van der Waals surface area contributed by atoms with Crippen molar-refractivity contribution in [3.05, 3.63) is 29.7 Å². The molecule has 7 nitrogen and oxygen atoms in total. The molecule has 1 aromatic rings. The number of carbonyl (C=O) groups excluding carboxylic acids is 1. The lowest BCUT2D eigenvalue weighted by atomic mass is 9.64. The standard InChI is InChI=1S/C22H29F3N4O3S/c1-20(2)14-4-6-21(3,12-14)16(20)5-7-26-19-27-13-15(17(28-19)22(23,24)25)18(30)29-8-10-33(31,32)11-9-29/h5,7,13-14,16H,4,6,8-12H2,1-3H3,(H,26,27,28)/b7-5+/t14-,16?,21+/m1/s1. The van der Waals surface area contributed by atoms with Crippen LogP contribution >= 0.6 is 0 Å². The maximum Gasteiger partial charge on any atom is 0.434 e. The molecule has 182 valence electrons. The highest BCUT2D eigenvalue weighted by Gasteiger charge is 2.58. The van der Waals surface area contributed by atoms with Crippen molar-refractivity contribution in [2.75, 3.05) is 29.9 Å². The molecule has 1 saturated heterocycles. The second-order valence-electron chi connectivity index (χ2n) is 10.3. The lowest BCUT2D eigenvalue weighted by Gasteiger charge is -2.41. The van der Waals surface area contributed by atoms with Gasteiger partial charge >= 0.3 is 6.18 Å². The van der Waals surface area contributed by atoms with Gasteiger partial charge in [-0.1, -0.05) is 26.8 Å². The molecule has 1 N–H and O–H groups in total. The summed E-state index contributed by atoms with van der Waals surface area (Å²) in [5.74, 6) is -0.793. The monoisotopic (exact) mass is 486 g/mol. The quantitative estimate of drug-likeness (QED) is 0.697. The molecular formula is C22H29F3N4O3S. The summed E-state index contributed by atoms with van der Waals surface area (Å²) in [6.45, 7) is 6.43. The van der Waals surface area contributed by atoms with E-state index in [1.54, 1.807) is 6.20 Å². The first-order valence-electron chi connectivity index (χ1n) is 11.1. The maximum atomic E-state index is 13.7. The van der Waals surface area contributed by atoms with E-state index in [0.29, 0.717) is 5.92 Å². The largest absolute Gasteiger partial charge is 0.434 e. The van der Waals surface area contributed by atoms with Crippen LogP contribution in [0.1, 0.15) is 56.1 Å². The first-order valence-corrected chi connectivity index (χ1v) is 12.9. The number of amides is 1. The molecular weight excluding hydrogens is 457 g/mol. The van der Waals surface area contributed by atoms with Gasteiger partial charge in [0.2, 0.25) is 5.95 Å². The Bertz CT molecular complexity index is 1070. The Labute approximate surface area is 191 Å². The number of hydrogen-bond acceptors (Lipinski definition) is 6. The number of nitrogens with zero attached hydrogens (tertiary/aromatic N) is 3. The number of hydrogen-bond donors (Lipinski definition) is 1. The summed E-state index contributed by atoms with van der Waals surface area (Å²) in [5, 5.41) is 2.75. The number of rotatable bonds is 4. The fourth-order valence-corrected chi connectivity index (χ4v) is 7.15. The van der Waals surface area contributed by atoms with Crippen molar-refractivity contribution in [1.82, 2.24) is 14.9 Å². The zero-order valence-electron chi connectivity index (χ0n) is 18.9. The Morgan fingerprint density at radius 1 is 1.24 bits per heavy atom. The Morgan fingerprint density at radius 3 is 2.48 bits per heavy atom. The van der Waals surface area contributed by atoms with E-state index in [9.17, 15) is 26.4 Å². The van der Waals surface area contributed by atoms with Gasteiger partial charge in [0.15, 0.2) is 15.5 Å². The third-order valence-corrected chi connectivity index (χ3v) is 9.41. The highest BCUT2D eigenvalue weighted by Crippen LogP contribution is 2.66. The van der Waals surface area contributed by atoms with Gasteiger partial charge in [-0.25, -0.2) is 18.4 Å². The van der Waals surface area contributed by atoms with Crippen LogP contribution in [0.15, 0.2) is 18.5 Å². The van der Waals surface area contributed by atoms with Gasteiger partial charge in [-0.05, 0) is 41.9 Å². The summed E-state index contributed by atoms with van der Waals surface area (Å²) in [6, 6.07) is 0. The predicted octanol–water partition coefficient (Wildman–Crippen LogP) is 3.75. The molecule has 4 rings (SSSR count). The number of sulfone groups is 1. The fraction of sp³-hybridized carbons (Fsp3) is 0.682. The van der Waals surface area contributed by atoms with Gasteiger partial charge in [0.1, 0.15) is 0 Å². The van der Waals surface area contributed by atoms with Crippen LogP contribution in [0.5, 0.6) is 0 Å². The molecule has 2 bridgehead atoms. The SMILES string of the molecule is CC1(C)C(/C=C/Nc2ncc(C(=O)N3CCS(=O)(=O)CC3)c(C(F)(F)F)n2)[C@@]2(C)CC[C@@H]1C2. The van der Waals surface area contributed by atoms with Crippen molar-refractivity contribution in [2.24, 2.45) is 22.7 Å². The van der Waals surface area contributed by atoms with E-state index in [2.05, 4.69) is 36.1 Å². The number of alkyl halides is 3. The van der Waals surface area contributed by atoms with Gasteiger partial charge in [0, 0.05) is 25.5 Å². The number of allylic oxidation sites excluding steroid dienone is 1. The van der Waals surface area contributed by atoms with Gasteiger partial charge in [-0.3, -0.25) is 4.79 Å². The van der Waals surface area contributed by atoms with Crippen molar-refractivity contribution in [3.8, 4) is 0 Å². The van der Waals surface area contributed by atoms with Crippen LogP contribution in [-0.4, -0.2) is 53.8 Å². The molecule has 3 aliphatic rings. The van der Waals surface area contributed by atoms with Crippen LogP contribution in [0.2, 0.25) is 0 Å². The molecule has 1 unspecified atom stereocenters. The van der Waals surface area contributed by atoms with Crippen LogP contribution < -0.4 is 5.32 Å². The van der Waals surface area contributed by atoms with Crippen molar-refractivity contribution >= 4 is 21.7 Å². The second-order valence-corrected chi connectivity index (χ2v) is 12.6. The highest BCUT2D eigenvalue weighted by molar-refractivity contribution is 7.91. The summed E-state index contributed by atoms with van der Waals surface area (Å²) >= 11 is 0. The van der Waals surface area contributed by atoms with E-state index >= 15 is 0 Å². The van der Waals surface area contributed by atoms with E-state index in [0.717, 1.165) is 23.9 Å². The van der Waals surface area contributed by atoms with E-state index < -0.39 is 33.2 Å². The highest BCUT2D eigenvalue weighted by atomic mass is 32.2. The minimum Gasteiger partial charge on any atom is -0.336 e. The van der Waals surface area contributed by atoms with Gasteiger partial charge < -0.3 is 10.2 Å². The third kappa shape index (κ3) is 4.48. The molecule has 0 aromatic carbocycles. The van der Waals surface area contributed by atoms with Crippen molar-refractivity contribution in [2.45, 2.75) is 46.2 Å². The smallest absolute Gasteiger partial charge is 0.336 e. The zero-order chi connectivity index (χ0) is 24.2. The fourth-order valence-electron chi connectivity index (χ4n) is 5.95. The number of anilines is 1. The Balaban J connectivity index is 1.53. The molecule has 2 saturated carbocycles. The topological polar surface area (TPSA) is 92.3 Å². The van der Waals surface area contributed by atoms with Gasteiger partial charge in [0.25, 0.3) is 5.91 Å². The Hall–Kier alpha value is -2.17. The second kappa shape index (κ2) is 7.95. The van der Waals surface area contributed by atoms with Crippen LogP contribution in [0, 0.1) is 22.7 Å². The molecule has 1 aliphatic heterocycles. The van der Waals surface area contributed by atoms with Crippen LogP contribution in [0.4, 0.5) is 19.1 Å². The number of aromatic nitrogens is 2. The Morgan fingerprint density at radius 2 is 1.91 bits per heavy atom. The first kappa shape index (κ1) is 24.0. The molecule has 2 aliphatic carbocycles. The lowest BCUT2D eigenvalue weighted by molar-refractivity contribution is -0.141. The predicted molar refractivity (Wildman–Crippen MR) is 117 cm³/mol. The first-order chi connectivity index (χ1) is 15.2. The van der Waals surface area contributed by atoms with Gasteiger partial charge in [0.05, 0.1) is 17.1 Å². The molecule has 11 heteroatoms. The minimum absolute atomic E-state index is 0.112. The number of halogens is 3. The Kier molecular flexibility index (Phi) is 5.78. The number of fused-ring (bicyclic) bond motifs is 2. The van der Waals surface area contributed by atoms with Crippen LogP contribution in [0.25, 0.3) is 0 Å². The molecule has 0 spiro atoms. The summed E-state index contributed by atoms with van der Waals surface area (Å²) in [6.07, 6.45) is 3.10. The third-order valence-electron chi connectivity index (χ3n) is 7.80. The summed E-state index contributed by atoms with van der Waals surface area (Å²) in [7, 11) is -3.28. The lowest BCUT2D eigenvalue weighted by Crippen LogP contribution is -2.44. The number of carbonyl (C=O) groups is 1. The van der Waals surface area contributed by atoms with Crippen molar-refractivity contribution in [3.63, 3.8) is 0 Å². The normalized spacial score (nSPS) is 30.7. The zero-order valence-corrected chi connectivity index (χ0v) is 19.8. The average Bonchev–Trinajstić information content (AvgIpc) is 3.20. The molecule has 1 amide bonds. The summed E-state index contributed by atoms with van der Waals surface area (Å²) in [4.78, 5) is 21.3. The van der Waals surface area contributed by atoms with Crippen molar-refractivity contribution < 1.29 is 26.4 Å². The molecule has 0 radical (unpaired) electrons. The molecule has 2 heterocycles. The molecule has 3 fully saturated rings. The molecule has 1 aromatic heterocycles. The summed E-state index contributed by atoms with van der Waals surface area (Å²) in [5.41, 5.74) is -1.72. The number of nitrogens with one attached hydrogen (secondary N) is 1. The minimum atomic E-state index is -4.87. The van der Waals surface area contributed by atoms with Gasteiger partial charge in [-0.2, -0.15) is 13.2 Å². The summed E-state index contributed by atoms with van der Waals surface area (Å²) < 4.78 is 64.2. The van der Waals surface area contributed by atoms with Gasteiger partial charge in [-0.15, -0.1) is 0 Å². The van der Waals surface area contributed by atoms with E-state index in [4.69, 9.17) is 0 Å². The van der Waals surface area contributed by atoms with E-state index in [-0.39, 0.29) is 47.3 Å². The van der Waals surface area contributed by atoms with Crippen molar-refractivity contribution in [1.29, 1.82) is 0 Å². The maximum absolute atomic E-state index is 13.7. The molecule has 3 atom stereocenters. The molecule has 33 heavy (non-hydrogen) atoms. The van der Waals surface area contributed by atoms with Crippen LogP contribution in [-0.2, 0) is 16.0 Å². The average molecular weight is 487 g/mol.